The largest absolute Gasteiger partial charge is 0.477 e. The lowest BCUT2D eigenvalue weighted by molar-refractivity contribution is -0.352. The van der Waals surface area contributed by atoms with Crippen LogP contribution < -0.4 is 18.9 Å². The van der Waals surface area contributed by atoms with Gasteiger partial charge in [-0.25, -0.2) is 9.59 Å². The number of nitrogens with zero attached hydrogens (tertiary/aromatic N) is 2. The third kappa shape index (κ3) is 5.09. The zero-order valence-corrected chi connectivity index (χ0v) is 35.2. The molecule has 8 atom stereocenters. The molecule has 4 saturated carbocycles. The molecule has 2 spiro atoms. The van der Waals surface area contributed by atoms with Crippen LogP contribution >= 0.6 is 0 Å². The van der Waals surface area contributed by atoms with E-state index in [0.29, 0.717) is 49.1 Å². The highest BCUT2D eigenvalue weighted by atomic mass is 19.4. The molecule has 20 heteroatoms. The van der Waals surface area contributed by atoms with Crippen LogP contribution in [0.25, 0.3) is 0 Å². The van der Waals surface area contributed by atoms with Gasteiger partial charge in [-0.05, 0) is 112 Å². The molecule has 6 fully saturated rings. The molecule has 2 saturated heterocycles. The predicted molar refractivity (Wildman–Crippen MR) is 207 cm³/mol. The van der Waals surface area contributed by atoms with Crippen molar-refractivity contribution in [2.24, 2.45) is 11.8 Å². The maximum atomic E-state index is 15.6. The SMILES string of the molecule is O=C1CC[C@@]2(O)[C@H]3Cc4ccc(OC(=O)C(F)(F)C(F)(F)C(F)(F)C(F)(F)C(=O)Oc5ccc6c7c5O[C@H]5C(=O)CC[C@@]8(O)[C@@H](C6)N(CC6CC6)CC[C@]758)c5c4[C@@]2(CCN3CC2CC2)[C@H]1O5. The molecule has 2 aromatic carbocycles. The third-order valence-corrected chi connectivity index (χ3v) is 17.2. The molecular formula is C46H44F8N2O10. The van der Waals surface area contributed by atoms with E-state index in [2.05, 4.69) is 19.3 Å². The summed E-state index contributed by atoms with van der Waals surface area (Å²) < 4.78 is 146. The summed E-state index contributed by atoms with van der Waals surface area (Å²) in [5, 5.41) is 24.9. The van der Waals surface area contributed by atoms with Gasteiger partial charge >= 0.3 is 35.6 Å². The standard InChI is InChI=1S/C46H44F8N2O10/c47-43(48,37(59)63-27-7-5-23-17-29-41(61)11-9-25(57)35-39(41,31(23)33(27)65-35)13-15-55(29)19-21-1-2-21)45(51,52)46(53,54)44(49,50)38(60)64-28-8-6-24-18-30-42(62)12-10-26(58)36-40(42,32(24)34(28)66-36)14-16-56(30)20-22-3-4-22/h5-8,21-22,29-30,35-36,61-62H,1-4,9-20H2/t29-,30-,35+,36+,39+,40+,41-,42-/m1/s1. The minimum atomic E-state index is -7.33. The number of ether oxygens (including phenoxy) is 4. The Labute approximate surface area is 370 Å². The van der Waals surface area contributed by atoms with Gasteiger partial charge in [-0.3, -0.25) is 19.4 Å². The minimum absolute atomic E-state index is 0.0151. The van der Waals surface area contributed by atoms with Crippen LogP contribution in [0.1, 0.15) is 86.5 Å². The van der Waals surface area contributed by atoms with E-state index in [1.54, 1.807) is 0 Å². The number of carbonyl (C=O) groups excluding carboxylic acids is 4. The number of halogens is 8. The Morgan fingerprint density at radius 2 is 1.00 bits per heavy atom. The average molecular weight is 937 g/mol. The summed E-state index contributed by atoms with van der Waals surface area (Å²) in [4.78, 5) is 57.1. The van der Waals surface area contributed by atoms with E-state index < -0.39 is 117 Å². The number of hydrogen-bond donors (Lipinski definition) is 2. The second-order valence-corrected chi connectivity index (χ2v) is 20.5. The molecule has 2 aromatic rings. The van der Waals surface area contributed by atoms with Gasteiger partial charge in [0.25, 0.3) is 0 Å². The first-order valence-electron chi connectivity index (χ1n) is 22.7. The highest BCUT2D eigenvalue weighted by Crippen LogP contribution is 2.67. The van der Waals surface area contributed by atoms with Crippen molar-refractivity contribution >= 4 is 23.5 Å². The Morgan fingerprint density at radius 3 is 1.36 bits per heavy atom. The van der Waals surface area contributed by atoms with Crippen LogP contribution in [-0.2, 0) is 42.8 Å². The van der Waals surface area contributed by atoms with E-state index in [4.69, 9.17) is 9.47 Å². The van der Waals surface area contributed by atoms with Crippen LogP contribution in [0.3, 0.4) is 0 Å². The molecule has 354 valence electrons. The Bertz CT molecular complexity index is 2380. The molecule has 2 N–H and O–H groups in total. The van der Waals surface area contributed by atoms with E-state index >= 15 is 35.1 Å². The molecule has 4 bridgehead atoms. The third-order valence-electron chi connectivity index (χ3n) is 17.2. The van der Waals surface area contributed by atoms with Crippen LogP contribution in [0.4, 0.5) is 35.1 Å². The summed E-state index contributed by atoms with van der Waals surface area (Å²) in [6.45, 7) is 2.20. The van der Waals surface area contributed by atoms with Gasteiger partial charge in [0.1, 0.15) is 0 Å². The lowest BCUT2D eigenvalue weighted by atomic mass is 9.49. The second kappa shape index (κ2) is 13.2. The molecule has 12 nitrogen and oxygen atoms in total. The fourth-order valence-corrected chi connectivity index (χ4v) is 13.6. The fourth-order valence-electron chi connectivity index (χ4n) is 13.6. The number of Topliss-reactive ketones (excluding diaryl/α,β-unsaturated/α-hetero) is 2. The molecule has 10 aliphatic rings. The monoisotopic (exact) mass is 936 g/mol. The molecule has 4 aliphatic heterocycles. The first-order chi connectivity index (χ1) is 31.0. The maximum absolute atomic E-state index is 15.6. The number of likely N-dealkylation sites (tertiary alicyclic amines) is 2. The Morgan fingerprint density at radius 1 is 0.621 bits per heavy atom. The van der Waals surface area contributed by atoms with Crippen molar-refractivity contribution in [1.82, 2.24) is 9.80 Å². The number of hydrogen-bond acceptors (Lipinski definition) is 12. The van der Waals surface area contributed by atoms with Crippen molar-refractivity contribution in [1.29, 1.82) is 0 Å². The van der Waals surface area contributed by atoms with E-state index in [1.807, 2.05) is 0 Å². The van der Waals surface area contributed by atoms with Crippen molar-refractivity contribution in [3.8, 4) is 23.0 Å². The number of aliphatic hydroxyl groups is 2. The first kappa shape index (κ1) is 42.9. The van der Waals surface area contributed by atoms with E-state index in [1.165, 1.54) is 12.1 Å². The lowest BCUT2D eigenvalue weighted by Crippen LogP contribution is -2.76. The van der Waals surface area contributed by atoms with Gasteiger partial charge in [0.2, 0.25) is 0 Å². The lowest BCUT2D eigenvalue weighted by Gasteiger charge is -2.62. The zero-order valence-electron chi connectivity index (χ0n) is 35.2. The first-order valence-corrected chi connectivity index (χ1v) is 22.7. The summed E-state index contributed by atoms with van der Waals surface area (Å²) in [6.07, 6.45) is 1.74. The Kier molecular flexibility index (Phi) is 8.60. The van der Waals surface area contributed by atoms with Gasteiger partial charge in [-0.15, -0.1) is 0 Å². The number of carbonyl (C=O) groups is 4. The normalized spacial score (nSPS) is 35.4. The number of alkyl halides is 8. The Balaban J connectivity index is 0.819. The van der Waals surface area contributed by atoms with Crippen molar-refractivity contribution in [3.05, 3.63) is 46.5 Å². The summed E-state index contributed by atoms with van der Waals surface area (Å²) in [5.41, 5.74) is -4.84. The quantitative estimate of drug-likeness (QED) is 0.177. The Hall–Kier alpha value is -4.40. The van der Waals surface area contributed by atoms with Crippen LogP contribution in [0.15, 0.2) is 24.3 Å². The van der Waals surface area contributed by atoms with Crippen LogP contribution in [0, 0.1) is 11.8 Å². The van der Waals surface area contributed by atoms with Crippen molar-refractivity contribution in [3.63, 3.8) is 0 Å². The number of rotatable bonds is 11. The minimum Gasteiger partial charge on any atom is -0.477 e. The summed E-state index contributed by atoms with van der Waals surface area (Å²) >= 11 is 0. The molecule has 0 aromatic heterocycles. The summed E-state index contributed by atoms with van der Waals surface area (Å²) in [6, 6.07) is 3.39. The number of ketones is 2. The van der Waals surface area contributed by atoms with E-state index in [9.17, 15) is 29.4 Å². The molecule has 0 amide bonds. The van der Waals surface area contributed by atoms with E-state index in [0.717, 1.165) is 37.8 Å². The highest BCUT2D eigenvalue weighted by molar-refractivity contribution is 5.92. The van der Waals surface area contributed by atoms with E-state index in [-0.39, 0.29) is 62.5 Å². The molecular weight excluding hydrogens is 892 g/mol. The topological polar surface area (TPSA) is 152 Å². The summed E-state index contributed by atoms with van der Waals surface area (Å²) in [7, 11) is 0. The molecule has 0 unspecified atom stereocenters. The van der Waals surface area contributed by atoms with Gasteiger partial charge in [-0.2, -0.15) is 35.1 Å². The van der Waals surface area contributed by atoms with Gasteiger partial charge in [-0.1, -0.05) is 12.1 Å². The van der Waals surface area contributed by atoms with Crippen LogP contribution in [0.5, 0.6) is 23.0 Å². The molecule has 6 aliphatic carbocycles. The van der Waals surface area contributed by atoms with Crippen molar-refractivity contribution < 1.29 is 83.5 Å². The maximum Gasteiger partial charge on any atom is 0.411 e. The van der Waals surface area contributed by atoms with Gasteiger partial charge < -0.3 is 29.2 Å². The van der Waals surface area contributed by atoms with Gasteiger partial charge in [0.05, 0.1) is 22.0 Å². The molecule has 4 heterocycles. The van der Waals surface area contributed by atoms with Crippen LogP contribution in [-0.4, -0.2) is 129 Å². The van der Waals surface area contributed by atoms with Gasteiger partial charge in [0.15, 0.2) is 46.8 Å². The predicted octanol–water partition coefficient (Wildman–Crippen LogP) is 5.01. The smallest absolute Gasteiger partial charge is 0.411 e. The zero-order chi connectivity index (χ0) is 46.5. The fraction of sp³-hybridized carbons (Fsp3) is 0.652. The van der Waals surface area contributed by atoms with Crippen molar-refractivity contribution in [2.45, 2.75) is 147 Å². The number of piperidine rings is 2. The van der Waals surface area contributed by atoms with Crippen molar-refractivity contribution in [2.75, 3.05) is 26.2 Å². The number of esters is 2. The van der Waals surface area contributed by atoms with Gasteiger partial charge in [0, 0.05) is 49.1 Å². The average Bonchev–Trinajstić information content (AvgIpc) is 4.20. The molecule has 0 radical (unpaired) electrons. The van der Waals surface area contributed by atoms with Crippen LogP contribution in [0.2, 0.25) is 0 Å². The number of benzene rings is 2. The highest BCUT2D eigenvalue weighted by Gasteiger charge is 2.86. The molecule has 12 rings (SSSR count). The molecule has 66 heavy (non-hydrogen) atoms. The second-order valence-electron chi connectivity index (χ2n) is 20.5. The summed E-state index contributed by atoms with van der Waals surface area (Å²) in [5.74, 6) is -38.1.